The molecule has 5 aromatic rings. The van der Waals surface area contributed by atoms with Crippen LogP contribution in [0.15, 0.2) is 103 Å². The number of hydrogen-bond acceptors (Lipinski definition) is 3. The molecule has 40 heavy (non-hydrogen) atoms. The molecule has 0 aliphatic heterocycles. The van der Waals surface area contributed by atoms with Crippen molar-refractivity contribution in [1.29, 1.82) is 0 Å². The number of carbonyl (C=O) groups is 2. The topological polar surface area (TPSA) is 71.1 Å². The van der Waals surface area contributed by atoms with Gasteiger partial charge < -0.3 is 10.6 Å². The van der Waals surface area contributed by atoms with Crippen LogP contribution in [0.25, 0.3) is 22.0 Å². The lowest BCUT2D eigenvalue weighted by atomic mass is 9.98. The zero-order valence-electron chi connectivity index (χ0n) is 20.8. The van der Waals surface area contributed by atoms with Crippen molar-refractivity contribution < 1.29 is 27.2 Å². The second kappa shape index (κ2) is 11.0. The largest absolute Gasteiger partial charge is 0.416 e. The van der Waals surface area contributed by atoms with E-state index in [0.29, 0.717) is 27.6 Å². The summed E-state index contributed by atoms with van der Waals surface area (Å²) in [4.78, 5) is 31.2. The van der Waals surface area contributed by atoms with Crippen molar-refractivity contribution in [3.63, 3.8) is 0 Å². The van der Waals surface area contributed by atoms with E-state index in [1.54, 1.807) is 54.6 Å². The van der Waals surface area contributed by atoms with Gasteiger partial charge in [0.15, 0.2) is 0 Å². The van der Waals surface area contributed by atoms with Crippen LogP contribution >= 0.6 is 0 Å². The van der Waals surface area contributed by atoms with Crippen LogP contribution in [0.5, 0.6) is 0 Å². The lowest BCUT2D eigenvalue weighted by Crippen LogP contribution is -2.25. The van der Waals surface area contributed by atoms with Gasteiger partial charge in [0.2, 0.25) is 0 Å². The van der Waals surface area contributed by atoms with Crippen molar-refractivity contribution in [2.45, 2.75) is 12.7 Å². The van der Waals surface area contributed by atoms with Crippen molar-refractivity contribution in [2.24, 2.45) is 0 Å². The molecule has 200 valence electrons. The smallest absolute Gasteiger partial charge is 0.348 e. The summed E-state index contributed by atoms with van der Waals surface area (Å²) in [5.41, 5.74) is 1.39. The molecule has 0 radical (unpaired) electrons. The summed E-state index contributed by atoms with van der Waals surface area (Å²) in [6.07, 6.45) is -4.48. The molecule has 1 heterocycles. The van der Waals surface area contributed by atoms with Crippen molar-refractivity contribution in [2.75, 3.05) is 5.32 Å². The number of nitrogens with one attached hydrogen (secondary N) is 2. The minimum Gasteiger partial charge on any atom is -0.348 e. The number of hydrogen-bond donors (Lipinski definition) is 2. The van der Waals surface area contributed by atoms with E-state index < -0.39 is 29.4 Å². The number of alkyl halides is 3. The Morgan fingerprint density at radius 1 is 0.750 bits per heavy atom. The summed E-state index contributed by atoms with van der Waals surface area (Å²) in [6, 6.07) is 25.4. The highest BCUT2D eigenvalue weighted by molar-refractivity contribution is 6.12. The van der Waals surface area contributed by atoms with Crippen LogP contribution in [0.4, 0.5) is 23.4 Å². The Bertz CT molecular complexity index is 1720. The Labute approximate surface area is 226 Å². The number of aromatic nitrogens is 1. The van der Waals surface area contributed by atoms with E-state index in [9.17, 15) is 27.2 Å². The number of benzene rings is 4. The predicted octanol–water partition coefficient (Wildman–Crippen LogP) is 7.24. The van der Waals surface area contributed by atoms with Crippen LogP contribution in [-0.4, -0.2) is 16.8 Å². The highest BCUT2D eigenvalue weighted by Gasteiger charge is 2.30. The molecule has 0 aliphatic carbocycles. The molecule has 5 nitrogen and oxygen atoms in total. The van der Waals surface area contributed by atoms with E-state index in [-0.39, 0.29) is 23.5 Å². The van der Waals surface area contributed by atoms with Crippen LogP contribution in [0.1, 0.15) is 31.8 Å². The highest BCUT2D eigenvalue weighted by Crippen LogP contribution is 2.32. The standard InChI is InChI=1S/C31H21F4N3O2/c32-23-8-5-6-19(16-23)18-36-29(39)26-17-21-7-1-4-11-27(21)37-28(26)38-30(40)25-10-3-2-9-24(25)20-12-14-22(15-13-20)31(33,34)35/h1-17H,18H2,(H,36,39)(H,37,38,40). The number of nitrogens with zero attached hydrogens (tertiary/aromatic N) is 1. The number of halogens is 4. The Kier molecular flexibility index (Phi) is 7.29. The van der Waals surface area contributed by atoms with Gasteiger partial charge in [0.1, 0.15) is 11.6 Å². The molecule has 0 atom stereocenters. The van der Waals surface area contributed by atoms with Gasteiger partial charge in [-0.15, -0.1) is 0 Å². The van der Waals surface area contributed by atoms with Crippen LogP contribution in [0.2, 0.25) is 0 Å². The molecular weight excluding hydrogens is 522 g/mol. The first-order valence-electron chi connectivity index (χ1n) is 12.2. The van der Waals surface area contributed by atoms with Gasteiger partial charge in [-0.3, -0.25) is 9.59 Å². The lowest BCUT2D eigenvalue weighted by molar-refractivity contribution is -0.137. The van der Waals surface area contributed by atoms with Gasteiger partial charge >= 0.3 is 6.18 Å². The summed E-state index contributed by atoms with van der Waals surface area (Å²) in [5, 5.41) is 6.10. The van der Waals surface area contributed by atoms with Gasteiger partial charge in [0, 0.05) is 17.5 Å². The number of anilines is 1. The zero-order valence-corrected chi connectivity index (χ0v) is 20.8. The van der Waals surface area contributed by atoms with Gasteiger partial charge in [-0.1, -0.05) is 60.7 Å². The first-order valence-corrected chi connectivity index (χ1v) is 12.2. The quantitative estimate of drug-likeness (QED) is 0.222. The maximum Gasteiger partial charge on any atom is 0.416 e. The first-order chi connectivity index (χ1) is 19.2. The molecule has 2 amide bonds. The molecule has 1 aromatic heterocycles. The van der Waals surface area contributed by atoms with Crippen molar-refractivity contribution in [3.8, 4) is 11.1 Å². The van der Waals surface area contributed by atoms with Crippen molar-refractivity contribution in [1.82, 2.24) is 10.3 Å². The number of amides is 2. The Morgan fingerprint density at radius 2 is 1.48 bits per heavy atom. The average molecular weight is 544 g/mol. The normalized spacial score (nSPS) is 11.3. The molecule has 5 rings (SSSR count). The fourth-order valence-electron chi connectivity index (χ4n) is 4.26. The van der Waals surface area contributed by atoms with E-state index >= 15 is 0 Å². The van der Waals surface area contributed by atoms with E-state index in [1.807, 2.05) is 0 Å². The monoisotopic (exact) mass is 543 g/mol. The summed E-state index contributed by atoms with van der Waals surface area (Å²) in [5.74, 6) is -1.56. The van der Waals surface area contributed by atoms with E-state index in [4.69, 9.17) is 0 Å². The molecule has 0 spiro atoms. The summed E-state index contributed by atoms with van der Waals surface area (Å²) in [6.45, 7) is 0.0492. The number of para-hydroxylation sites is 1. The number of pyridine rings is 1. The van der Waals surface area contributed by atoms with Gasteiger partial charge in [-0.25, -0.2) is 9.37 Å². The van der Waals surface area contributed by atoms with Gasteiger partial charge in [0.25, 0.3) is 11.8 Å². The molecule has 2 N–H and O–H groups in total. The fraction of sp³-hybridized carbons (Fsp3) is 0.0645. The van der Waals surface area contributed by atoms with Crippen molar-refractivity contribution >= 4 is 28.5 Å². The SMILES string of the molecule is O=C(Nc1nc2ccccc2cc1C(=O)NCc1cccc(F)c1)c1ccccc1-c1ccc(C(F)(F)F)cc1. The third kappa shape index (κ3) is 5.83. The molecule has 0 aliphatic rings. The third-order valence-corrected chi connectivity index (χ3v) is 6.24. The van der Waals surface area contributed by atoms with E-state index in [1.165, 1.54) is 36.4 Å². The van der Waals surface area contributed by atoms with Gasteiger partial charge in [-0.05, 0) is 59.2 Å². The molecule has 9 heteroatoms. The minimum atomic E-state index is -4.48. The molecule has 0 saturated carbocycles. The summed E-state index contributed by atoms with van der Waals surface area (Å²) < 4.78 is 52.7. The Hall–Kier alpha value is -5.05. The molecule has 0 bridgehead atoms. The molecule has 0 unspecified atom stereocenters. The maximum absolute atomic E-state index is 13.6. The zero-order chi connectivity index (χ0) is 28.3. The molecular formula is C31H21F4N3O2. The summed E-state index contributed by atoms with van der Waals surface area (Å²) >= 11 is 0. The number of rotatable bonds is 6. The minimum absolute atomic E-state index is 0.00247. The van der Waals surface area contributed by atoms with Crippen LogP contribution < -0.4 is 10.6 Å². The molecule has 0 fully saturated rings. The maximum atomic E-state index is 13.6. The Balaban J connectivity index is 1.46. The number of fused-ring (bicyclic) bond motifs is 1. The van der Waals surface area contributed by atoms with Crippen LogP contribution in [0.3, 0.4) is 0 Å². The second-order valence-electron chi connectivity index (χ2n) is 8.96. The second-order valence-corrected chi connectivity index (χ2v) is 8.96. The van der Waals surface area contributed by atoms with E-state index in [2.05, 4.69) is 15.6 Å². The van der Waals surface area contributed by atoms with Gasteiger partial charge in [0.05, 0.1) is 16.6 Å². The Morgan fingerprint density at radius 3 is 2.23 bits per heavy atom. The first kappa shape index (κ1) is 26.6. The predicted molar refractivity (Wildman–Crippen MR) is 144 cm³/mol. The van der Waals surface area contributed by atoms with Crippen molar-refractivity contribution in [3.05, 3.63) is 131 Å². The lowest BCUT2D eigenvalue weighted by Gasteiger charge is -2.14. The van der Waals surface area contributed by atoms with Crippen LogP contribution in [0, 0.1) is 5.82 Å². The van der Waals surface area contributed by atoms with E-state index in [0.717, 1.165) is 12.1 Å². The van der Waals surface area contributed by atoms with Gasteiger partial charge in [-0.2, -0.15) is 13.2 Å². The average Bonchev–Trinajstić information content (AvgIpc) is 2.95. The molecule has 0 saturated heterocycles. The fourth-order valence-corrected chi connectivity index (χ4v) is 4.26. The highest BCUT2D eigenvalue weighted by atomic mass is 19.4. The van der Waals surface area contributed by atoms with Crippen LogP contribution in [-0.2, 0) is 12.7 Å². The number of carbonyl (C=O) groups excluding carboxylic acids is 2. The molecule has 4 aromatic carbocycles. The summed E-state index contributed by atoms with van der Waals surface area (Å²) in [7, 11) is 0. The third-order valence-electron chi connectivity index (χ3n) is 6.24.